The van der Waals surface area contributed by atoms with Crippen molar-refractivity contribution >= 4 is 21.7 Å². The molecule has 2 aromatic rings. The number of hydrogen-bond donors (Lipinski definition) is 1. The van der Waals surface area contributed by atoms with Crippen molar-refractivity contribution in [3.8, 4) is 11.1 Å². The monoisotopic (exact) mass is 293 g/mol. The summed E-state index contributed by atoms with van der Waals surface area (Å²) in [6.45, 7) is 4.36. The first-order valence-corrected chi connectivity index (χ1v) is 6.37. The highest BCUT2D eigenvalue weighted by atomic mass is 79.9. The number of aryl methyl sites for hydroxylation is 1. The molecule has 1 aromatic heterocycles. The van der Waals surface area contributed by atoms with Crippen LogP contribution in [0, 0.1) is 0 Å². The molecule has 0 aliphatic heterocycles. The third kappa shape index (κ3) is 2.22. The molecule has 0 saturated heterocycles. The van der Waals surface area contributed by atoms with Crippen molar-refractivity contribution in [2.45, 2.75) is 19.8 Å². The molecule has 17 heavy (non-hydrogen) atoms. The van der Waals surface area contributed by atoms with Crippen LogP contribution < -0.4 is 5.73 Å². The number of nitrogens with zero attached hydrogens (tertiary/aromatic N) is 2. The van der Waals surface area contributed by atoms with Crippen LogP contribution in [0.5, 0.6) is 0 Å². The fourth-order valence-corrected chi connectivity index (χ4v) is 2.28. The largest absolute Gasteiger partial charge is 0.383 e. The second-order valence-electron chi connectivity index (χ2n) is 4.45. The van der Waals surface area contributed by atoms with Crippen LogP contribution in [0.2, 0.25) is 0 Å². The van der Waals surface area contributed by atoms with Crippen molar-refractivity contribution in [2.24, 2.45) is 7.05 Å². The maximum atomic E-state index is 6.04. The van der Waals surface area contributed by atoms with Gasteiger partial charge in [0.2, 0.25) is 0 Å². The fraction of sp³-hybridized carbons (Fsp3) is 0.308. The molecule has 4 heteroatoms. The summed E-state index contributed by atoms with van der Waals surface area (Å²) in [5, 5.41) is 4.20. The van der Waals surface area contributed by atoms with Crippen molar-refractivity contribution in [1.82, 2.24) is 9.78 Å². The predicted molar refractivity (Wildman–Crippen MR) is 74.8 cm³/mol. The summed E-state index contributed by atoms with van der Waals surface area (Å²) in [7, 11) is 1.85. The summed E-state index contributed by atoms with van der Waals surface area (Å²) in [5.41, 5.74) is 9.47. The van der Waals surface area contributed by atoms with Gasteiger partial charge < -0.3 is 5.73 Å². The van der Waals surface area contributed by atoms with Crippen LogP contribution in [0.4, 0.5) is 5.82 Å². The maximum absolute atomic E-state index is 6.04. The quantitative estimate of drug-likeness (QED) is 0.920. The van der Waals surface area contributed by atoms with E-state index in [1.54, 1.807) is 4.68 Å². The van der Waals surface area contributed by atoms with E-state index >= 15 is 0 Å². The Morgan fingerprint density at radius 2 is 2.00 bits per heavy atom. The van der Waals surface area contributed by atoms with Gasteiger partial charge in [0.15, 0.2) is 0 Å². The van der Waals surface area contributed by atoms with Crippen molar-refractivity contribution in [3.63, 3.8) is 0 Å². The van der Waals surface area contributed by atoms with Gasteiger partial charge in [-0.2, -0.15) is 5.10 Å². The van der Waals surface area contributed by atoms with Crippen LogP contribution in [-0.2, 0) is 7.05 Å². The second kappa shape index (κ2) is 4.53. The van der Waals surface area contributed by atoms with Gasteiger partial charge in [-0.1, -0.05) is 35.8 Å². The van der Waals surface area contributed by atoms with Gasteiger partial charge in [0.25, 0.3) is 0 Å². The molecule has 0 unspecified atom stereocenters. The number of aromatic nitrogens is 2. The highest BCUT2D eigenvalue weighted by Gasteiger charge is 2.14. The van der Waals surface area contributed by atoms with Crippen LogP contribution in [-0.4, -0.2) is 9.78 Å². The number of rotatable bonds is 2. The first-order chi connectivity index (χ1) is 8.00. The summed E-state index contributed by atoms with van der Waals surface area (Å²) in [6.07, 6.45) is 1.82. The molecule has 0 aliphatic rings. The number of halogens is 1. The van der Waals surface area contributed by atoms with Crippen molar-refractivity contribution in [3.05, 3.63) is 34.4 Å². The van der Waals surface area contributed by atoms with Gasteiger partial charge in [-0.3, -0.25) is 4.68 Å². The molecule has 3 nitrogen and oxygen atoms in total. The van der Waals surface area contributed by atoms with Crippen molar-refractivity contribution in [2.75, 3.05) is 5.73 Å². The van der Waals surface area contributed by atoms with E-state index in [0.29, 0.717) is 11.7 Å². The lowest BCUT2D eigenvalue weighted by Crippen LogP contribution is -1.99. The van der Waals surface area contributed by atoms with Crippen molar-refractivity contribution in [1.29, 1.82) is 0 Å². The summed E-state index contributed by atoms with van der Waals surface area (Å²) in [4.78, 5) is 0. The Morgan fingerprint density at radius 1 is 1.29 bits per heavy atom. The molecule has 0 fully saturated rings. The van der Waals surface area contributed by atoms with E-state index in [2.05, 4.69) is 53.1 Å². The molecule has 1 aromatic carbocycles. The summed E-state index contributed by atoms with van der Waals surface area (Å²) in [5.74, 6) is 1.16. The van der Waals surface area contributed by atoms with E-state index in [1.165, 1.54) is 5.56 Å². The van der Waals surface area contributed by atoms with Crippen LogP contribution in [0.15, 0.2) is 28.9 Å². The number of nitrogen functional groups attached to an aromatic ring is 1. The molecule has 0 bridgehead atoms. The van der Waals surface area contributed by atoms with E-state index in [1.807, 2.05) is 13.2 Å². The SMILES string of the molecule is CC(C)c1ccc(Br)cc1-c1cnn(C)c1N. The van der Waals surface area contributed by atoms with E-state index < -0.39 is 0 Å². The van der Waals surface area contributed by atoms with Gasteiger partial charge in [-0.25, -0.2) is 0 Å². The number of hydrogen-bond acceptors (Lipinski definition) is 2. The summed E-state index contributed by atoms with van der Waals surface area (Å²) in [6, 6.07) is 6.30. The van der Waals surface area contributed by atoms with E-state index in [9.17, 15) is 0 Å². The van der Waals surface area contributed by atoms with Crippen LogP contribution in [0.3, 0.4) is 0 Å². The Bertz CT molecular complexity index is 544. The van der Waals surface area contributed by atoms with Gasteiger partial charge in [0.1, 0.15) is 5.82 Å². The number of benzene rings is 1. The first-order valence-electron chi connectivity index (χ1n) is 5.58. The third-order valence-corrected chi connectivity index (χ3v) is 3.41. The molecule has 0 aliphatic carbocycles. The number of anilines is 1. The molecular weight excluding hydrogens is 278 g/mol. The molecule has 0 radical (unpaired) electrons. The van der Waals surface area contributed by atoms with Crippen molar-refractivity contribution < 1.29 is 0 Å². The zero-order valence-corrected chi connectivity index (χ0v) is 11.8. The Balaban J connectivity index is 2.65. The minimum absolute atomic E-state index is 0.456. The number of nitrogens with two attached hydrogens (primary N) is 1. The lowest BCUT2D eigenvalue weighted by atomic mass is 9.94. The Labute approximate surface area is 110 Å². The lowest BCUT2D eigenvalue weighted by Gasteiger charge is -2.12. The smallest absolute Gasteiger partial charge is 0.129 e. The van der Waals surface area contributed by atoms with E-state index in [0.717, 1.165) is 15.6 Å². The molecule has 2 N–H and O–H groups in total. The van der Waals surface area contributed by atoms with E-state index in [-0.39, 0.29) is 0 Å². The van der Waals surface area contributed by atoms with Gasteiger partial charge in [0.05, 0.1) is 6.20 Å². The van der Waals surface area contributed by atoms with Crippen LogP contribution >= 0.6 is 15.9 Å². The average Bonchev–Trinajstić information content (AvgIpc) is 2.59. The summed E-state index contributed by atoms with van der Waals surface area (Å²) >= 11 is 3.51. The zero-order chi connectivity index (χ0) is 12.6. The maximum Gasteiger partial charge on any atom is 0.129 e. The molecule has 1 heterocycles. The minimum atomic E-state index is 0.456. The lowest BCUT2D eigenvalue weighted by molar-refractivity contribution is 0.779. The molecule has 0 amide bonds. The molecule has 90 valence electrons. The van der Waals surface area contributed by atoms with Gasteiger partial charge >= 0.3 is 0 Å². The topological polar surface area (TPSA) is 43.8 Å². The molecule has 0 spiro atoms. The Hall–Kier alpha value is -1.29. The molecular formula is C13H16BrN3. The average molecular weight is 294 g/mol. The highest BCUT2D eigenvalue weighted by molar-refractivity contribution is 9.10. The van der Waals surface area contributed by atoms with E-state index in [4.69, 9.17) is 5.73 Å². The highest BCUT2D eigenvalue weighted by Crippen LogP contribution is 2.34. The molecule has 2 rings (SSSR count). The first kappa shape index (κ1) is 12.2. The standard InChI is InChI=1S/C13H16BrN3/c1-8(2)10-5-4-9(14)6-11(10)12-7-16-17(3)13(12)15/h4-8H,15H2,1-3H3. The zero-order valence-electron chi connectivity index (χ0n) is 10.2. The van der Waals surface area contributed by atoms with Gasteiger partial charge in [-0.15, -0.1) is 0 Å². The van der Waals surface area contributed by atoms with Crippen LogP contribution in [0.1, 0.15) is 25.3 Å². The summed E-state index contributed by atoms with van der Waals surface area (Å²) < 4.78 is 2.75. The second-order valence-corrected chi connectivity index (χ2v) is 5.37. The Kier molecular flexibility index (Phi) is 3.24. The molecule has 0 atom stereocenters. The van der Waals surface area contributed by atoms with Crippen LogP contribution in [0.25, 0.3) is 11.1 Å². The Morgan fingerprint density at radius 3 is 2.53 bits per heavy atom. The third-order valence-electron chi connectivity index (χ3n) is 2.91. The minimum Gasteiger partial charge on any atom is -0.383 e. The molecule has 0 saturated carbocycles. The fourth-order valence-electron chi connectivity index (χ4n) is 1.92. The predicted octanol–water partition coefficient (Wildman–Crippen LogP) is 3.56. The normalized spacial score (nSPS) is 11.1. The van der Waals surface area contributed by atoms with Gasteiger partial charge in [-0.05, 0) is 29.2 Å². The van der Waals surface area contributed by atoms with Gasteiger partial charge in [0, 0.05) is 17.1 Å².